The molecule has 0 unspecified atom stereocenters. The van der Waals surface area contributed by atoms with Gasteiger partial charge < -0.3 is 15.2 Å². The van der Waals surface area contributed by atoms with Crippen molar-refractivity contribution in [1.29, 1.82) is 0 Å². The van der Waals surface area contributed by atoms with Crippen LogP contribution in [-0.2, 0) is 13.1 Å². The summed E-state index contributed by atoms with van der Waals surface area (Å²) in [5.74, 6) is 0.400. The van der Waals surface area contributed by atoms with Gasteiger partial charge in [-0.1, -0.05) is 5.16 Å². The third-order valence-electron chi connectivity index (χ3n) is 2.66. The average molecular weight is 423 g/mol. The number of hydrogen-bond donors (Lipinski definition) is 2. The van der Waals surface area contributed by atoms with Crippen LogP contribution in [0.1, 0.15) is 17.3 Å². The Morgan fingerprint density at radius 2 is 2.00 bits per heavy atom. The summed E-state index contributed by atoms with van der Waals surface area (Å²) in [6, 6.07) is 3.30. The van der Waals surface area contributed by atoms with Crippen LogP contribution in [0.25, 0.3) is 0 Å². The Labute approximate surface area is 143 Å². The molecule has 0 aliphatic rings. The van der Waals surface area contributed by atoms with Crippen molar-refractivity contribution in [3.05, 3.63) is 47.1 Å². The van der Waals surface area contributed by atoms with Crippen LogP contribution >= 0.6 is 24.0 Å². The van der Waals surface area contributed by atoms with E-state index < -0.39 is 11.6 Å². The van der Waals surface area contributed by atoms with Gasteiger partial charge in [0, 0.05) is 26.1 Å². The Morgan fingerprint density at radius 3 is 2.64 bits per heavy atom. The molecule has 0 atom stereocenters. The highest BCUT2D eigenvalue weighted by Gasteiger charge is 2.06. The number of aryl methyl sites for hydroxylation is 1. The normalized spacial score (nSPS) is 11.0. The second kappa shape index (κ2) is 8.61. The van der Waals surface area contributed by atoms with E-state index in [1.807, 2.05) is 0 Å². The summed E-state index contributed by atoms with van der Waals surface area (Å²) in [6.45, 7) is 2.10. The van der Waals surface area contributed by atoms with Gasteiger partial charge >= 0.3 is 0 Å². The SMILES string of the molecule is CN=C(NCc1noc(C)n1)NCc1cc(F)ccc1F.I. The first kappa shape index (κ1) is 18.3. The molecular weight excluding hydrogens is 407 g/mol. The van der Waals surface area contributed by atoms with Gasteiger partial charge in [0.1, 0.15) is 11.6 Å². The lowest BCUT2D eigenvalue weighted by Gasteiger charge is -2.11. The molecule has 2 aromatic rings. The first-order valence-electron chi connectivity index (χ1n) is 6.26. The summed E-state index contributed by atoms with van der Waals surface area (Å²) in [5, 5.41) is 9.54. The molecule has 22 heavy (non-hydrogen) atoms. The van der Waals surface area contributed by atoms with Crippen molar-refractivity contribution in [3.8, 4) is 0 Å². The van der Waals surface area contributed by atoms with E-state index in [1.165, 1.54) is 0 Å². The molecule has 0 fully saturated rings. The van der Waals surface area contributed by atoms with Gasteiger partial charge in [0.25, 0.3) is 0 Å². The number of guanidine groups is 1. The van der Waals surface area contributed by atoms with E-state index in [4.69, 9.17) is 4.52 Å². The molecule has 0 saturated heterocycles. The Morgan fingerprint density at radius 1 is 1.27 bits per heavy atom. The monoisotopic (exact) mass is 423 g/mol. The maximum absolute atomic E-state index is 13.5. The molecule has 6 nitrogen and oxygen atoms in total. The van der Waals surface area contributed by atoms with Crippen LogP contribution in [0.15, 0.2) is 27.7 Å². The first-order valence-corrected chi connectivity index (χ1v) is 6.26. The lowest BCUT2D eigenvalue weighted by Crippen LogP contribution is -2.36. The fraction of sp³-hybridized carbons (Fsp3) is 0.308. The Kier molecular flexibility index (Phi) is 7.15. The smallest absolute Gasteiger partial charge is 0.223 e. The van der Waals surface area contributed by atoms with Gasteiger partial charge in [-0.05, 0) is 18.2 Å². The molecule has 2 rings (SSSR count). The van der Waals surface area contributed by atoms with Crippen LogP contribution in [0.3, 0.4) is 0 Å². The number of rotatable bonds is 4. The van der Waals surface area contributed by atoms with Gasteiger partial charge in [-0.15, -0.1) is 24.0 Å². The van der Waals surface area contributed by atoms with Crippen LogP contribution in [-0.4, -0.2) is 23.1 Å². The maximum atomic E-state index is 13.5. The van der Waals surface area contributed by atoms with Gasteiger partial charge in [0.2, 0.25) is 5.89 Å². The Balaban J connectivity index is 0.00000242. The molecule has 0 bridgehead atoms. The zero-order chi connectivity index (χ0) is 15.2. The fourth-order valence-electron chi connectivity index (χ4n) is 1.65. The molecular formula is C13H16F2IN5O. The Bertz CT molecular complexity index is 647. The summed E-state index contributed by atoms with van der Waals surface area (Å²) in [5.41, 5.74) is 0.216. The van der Waals surface area contributed by atoms with E-state index in [0.29, 0.717) is 24.2 Å². The average Bonchev–Trinajstić information content (AvgIpc) is 2.88. The van der Waals surface area contributed by atoms with Crippen molar-refractivity contribution in [1.82, 2.24) is 20.8 Å². The second-order valence-electron chi connectivity index (χ2n) is 4.24. The molecule has 0 amide bonds. The third kappa shape index (κ3) is 5.20. The van der Waals surface area contributed by atoms with Crippen molar-refractivity contribution in [2.45, 2.75) is 20.0 Å². The fourth-order valence-corrected chi connectivity index (χ4v) is 1.65. The molecule has 1 heterocycles. The van der Waals surface area contributed by atoms with E-state index in [1.54, 1.807) is 14.0 Å². The van der Waals surface area contributed by atoms with E-state index in [2.05, 4.69) is 25.8 Å². The minimum atomic E-state index is -0.488. The van der Waals surface area contributed by atoms with E-state index in [0.717, 1.165) is 18.2 Å². The van der Waals surface area contributed by atoms with E-state index in [-0.39, 0.29) is 36.1 Å². The molecule has 2 N–H and O–H groups in total. The summed E-state index contributed by atoms with van der Waals surface area (Å²) in [6.07, 6.45) is 0. The minimum Gasteiger partial charge on any atom is -0.352 e. The van der Waals surface area contributed by atoms with Crippen LogP contribution in [0, 0.1) is 18.6 Å². The van der Waals surface area contributed by atoms with E-state index in [9.17, 15) is 8.78 Å². The van der Waals surface area contributed by atoms with Crippen molar-refractivity contribution >= 4 is 29.9 Å². The number of aromatic nitrogens is 2. The summed E-state index contributed by atoms with van der Waals surface area (Å²) in [4.78, 5) is 8.00. The highest BCUT2D eigenvalue weighted by Crippen LogP contribution is 2.09. The topological polar surface area (TPSA) is 75.3 Å². The predicted octanol–water partition coefficient (Wildman–Crippen LogP) is 2.14. The standard InChI is InChI=1S/C13H15F2N5O.HI/c1-8-19-12(20-21-8)7-18-13(16-2)17-6-9-5-10(14)3-4-11(9)15;/h3-5H,6-7H2,1-2H3,(H2,16,17,18);1H. The molecule has 1 aromatic carbocycles. The largest absolute Gasteiger partial charge is 0.352 e. The highest BCUT2D eigenvalue weighted by atomic mass is 127. The number of halogens is 3. The number of aliphatic imine (C=N–C) groups is 1. The van der Waals surface area contributed by atoms with Gasteiger partial charge in [-0.25, -0.2) is 8.78 Å². The van der Waals surface area contributed by atoms with Crippen molar-refractivity contribution in [3.63, 3.8) is 0 Å². The van der Waals surface area contributed by atoms with E-state index >= 15 is 0 Å². The van der Waals surface area contributed by atoms with Crippen molar-refractivity contribution < 1.29 is 13.3 Å². The molecule has 0 aliphatic carbocycles. The lowest BCUT2D eigenvalue weighted by atomic mass is 10.2. The zero-order valence-corrected chi connectivity index (χ0v) is 14.4. The molecule has 0 spiro atoms. The summed E-state index contributed by atoms with van der Waals surface area (Å²) >= 11 is 0. The van der Waals surface area contributed by atoms with Crippen LogP contribution in [0.2, 0.25) is 0 Å². The lowest BCUT2D eigenvalue weighted by molar-refractivity contribution is 0.387. The van der Waals surface area contributed by atoms with Crippen LogP contribution in [0.5, 0.6) is 0 Å². The summed E-state index contributed by atoms with van der Waals surface area (Å²) < 4.78 is 31.4. The molecule has 120 valence electrons. The molecule has 1 aromatic heterocycles. The molecule has 0 radical (unpaired) electrons. The predicted molar refractivity (Wildman–Crippen MR) is 87.8 cm³/mol. The highest BCUT2D eigenvalue weighted by molar-refractivity contribution is 14.0. The molecule has 0 aliphatic heterocycles. The molecule has 9 heteroatoms. The zero-order valence-electron chi connectivity index (χ0n) is 12.1. The van der Waals surface area contributed by atoms with Crippen molar-refractivity contribution in [2.24, 2.45) is 4.99 Å². The van der Waals surface area contributed by atoms with Gasteiger partial charge in [-0.2, -0.15) is 4.98 Å². The van der Waals surface area contributed by atoms with Gasteiger partial charge in [0.15, 0.2) is 11.8 Å². The molecule has 0 saturated carbocycles. The number of nitrogens with one attached hydrogen (secondary N) is 2. The number of nitrogens with zero attached hydrogens (tertiary/aromatic N) is 3. The summed E-state index contributed by atoms with van der Waals surface area (Å²) in [7, 11) is 1.57. The second-order valence-corrected chi connectivity index (χ2v) is 4.24. The minimum absolute atomic E-state index is 0. The van der Waals surface area contributed by atoms with Gasteiger partial charge in [0.05, 0.1) is 6.54 Å². The van der Waals surface area contributed by atoms with Gasteiger partial charge in [-0.3, -0.25) is 4.99 Å². The van der Waals surface area contributed by atoms with Crippen LogP contribution < -0.4 is 10.6 Å². The maximum Gasteiger partial charge on any atom is 0.223 e. The first-order chi connectivity index (χ1) is 10.1. The van der Waals surface area contributed by atoms with Crippen LogP contribution in [0.4, 0.5) is 8.78 Å². The number of hydrogen-bond acceptors (Lipinski definition) is 4. The third-order valence-corrected chi connectivity index (χ3v) is 2.66. The Hall–Kier alpha value is -1.78. The van der Waals surface area contributed by atoms with Crippen molar-refractivity contribution in [2.75, 3.05) is 7.05 Å². The quantitative estimate of drug-likeness (QED) is 0.448. The number of benzene rings is 1.